The highest BCUT2D eigenvalue weighted by Gasteiger charge is 2.27. The lowest BCUT2D eigenvalue weighted by molar-refractivity contribution is -0.117. The van der Waals surface area contributed by atoms with Gasteiger partial charge in [0.05, 0.1) is 22.1 Å². The van der Waals surface area contributed by atoms with E-state index in [1.807, 2.05) is 12.1 Å². The van der Waals surface area contributed by atoms with Crippen molar-refractivity contribution in [1.82, 2.24) is 15.1 Å². The molecule has 4 rings (SSSR count). The molecule has 1 amide bonds. The molecule has 1 atom stereocenters. The van der Waals surface area contributed by atoms with Gasteiger partial charge in [-0.1, -0.05) is 44.0 Å². The van der Waals surface area contributed by atoms with Crippen molar-refractivity contribution in [1.29, 1.82) is 0 Å². The van der Waals surface area contributed by atoms with E-state index in [1.165, 1.54) is 38.2 Å². The second kappa shape index (κ2) is 13.5. The smallest absolute Gasteiger partial charge is 0.266 e. The quantitative estimate of drug-likeness (QED) is 0.321. The van der Waals surface area contributed by atoms with Crippen LogP contribution < -0.4 is 15.8 Å². The topological polar surface area (TPSA) is 105 Å². The molecule has 1 aliphatic heterocycles. The van der Waals surface area contributed by atoms with Crippen molar-refractivity contribution in [2.45, 2.75) is 67.3 Å². The summed E-state index contributed by atoms with van der Waals surface area (Å²) >= 11 is 0. The van der Waals surface area contributed by atoms with Crippen LogP contribution in [0.4, 0.5) is 0 Å². The molecule has 8 nitrogen and oxygen atoms in total. The summed E-state index contributed by atoms with van der Waals surface area (Å²) in [5.41, 5.74) is 6.42. The van der Waals surface area contributed by atoms with Gasteiger partial charge < -0.3 is 15.8 Å². The molecule has 2 aliphatic rings. The average molecular weight is 555 g/mol. The number of nitrogens with one attached hydrogen (secondary N) is 1. The molecule has 1 saturated carbocycles. The standard InChI is InChI=1S/C30H42N4O4S/c1-23(31)30(35)32-16-7-21-38-27-10-6-11-29(22-27)39(36,37)28-14-12-25(13-15-28)24(2)33-17-19-34(20-18-33)26-8-4-3-5-9-26/h6,10-15,22,24,26H,1,3-5,7-9,16-21,31H2,2H3,(H,32,35)/t24-/m0/s1. The van der Waals surface area contributed by atoms with Crippen molar-refractivity contribution in [3.05, 3.63) is 66.4 Å². The SMILES string of the molecule is C=C(N)C(=O)NCCCOc1cccc(S(=O)(=O)c2ccc([C@H](C)N3CCN(C4CCCCC4)CC3)cc2)c1. The molecule has 2 aromatic carbocycles. The van der Waals surface area contributed by atoms with Crippen LogP contribution >= 0.6 is 0 Å². The molecule has 0 spiro atoms. The van der Waals surface area contributed by atoms with E-state index in [2.05, 4.69) is 28.6 Å². The number of hydrogen-bond donors (Lipinski definition) is 2. The molecule has 1 heterocycles. The largest absolute Gasteiger partial charge is 0.493 e. The molecule has 1 aliphatic carbocycles. The van der Waals surface area contributed by atoms with Crippen molar-refractivity contribution in [2.75, 3.05) is 39.3 Å². The lowest BCUT2D eigenvalue weighted by Gasteiger charge is -2.42. The average Bonchev–Trinajstić information content (AvgIpc) is 2.97. The predicted molar refractivity (Wildman–Crippen MR) is 153 cm³/mol. The minimum Gasteiger partial charge on any atom is -0.493 e. The van der Waals surface area contributed by atoms with Gasteiger partial charge in [0.1, 0.15) is 5.75 Å². The Morgan fingerprint density at radius 2 is 1.74 bits per heavy atom. The molecule has 0 unspecified atom stereocenters. The number of rotatable bonds is 11. The zero-order valence-corrected chi connectivity index (χ0v) is 23.8. The summed E-state index contributed by atoms with van der Waals surface area (Å²) in [6.07, 6.45) is 7.33. The van der Waals surface area contributed by atoms with Crippen LogP contribution in [0, 0.1) is 0 Å². The number of amides is 1. The summed E-state index contributed by atoms with van der Waals surface area (Å²) in [7, 11) is -3.69. The van der Waals surface area contributed by atoms with Gasteiger partial charge in [-0.3, -0.25) is 14.6 Å². The maximum atomic E-state index is 13.3. The summed E-state index contributed by atoms with van der Waals surface area (Å²) in [4.78, 5) is 17.1. The van der Waals surface area contributed by atoms with Crippen molar-refractivity contribution >= 4 is 15.7 Å². The lowest BCUT2D eigenvalue weighted by atomic mass is 9.93. The number of benzene rings is 2. The number of piperazine rings is 1. The van der Waals surface area contributed by atoms with E-state index in [-0.39, 0.29) is 21.5 Å². The van der Waals surface area contributed by atoms with Crippen molar-refractivity contribution in [2.24, 2.45) is 5.73 Å². The van der Waals surface area contributed by atoms with Crippen LogP contribution in [0.3, 0.4) is 0 Å². The molecule has 9 heteroatoms. The van der Waals surface area contributed by atoms with Crippen LogP contribution in [0.1, 0.15) is 57.1 Å². The zero-order valence-electron chi connectivity index (χ0n) is 23.0. The molecular formula is C30H42N4O4S. The zero-order chi connectivity index (χ0) is 27.8. The Bertz CT molecular complexity index is 1220. The van der Waals surface area contributed by atoms with Gasteiger partial charge in [0.15, 0.2) is 0 Å². The van der Waals surface area contributed by atoms with Gasteiger partial charge in [-0.05, 0) is 62.1 Å². The van der Waals surface area contributed by atoms with Crippen molar-refractivity contribution < 1.29 is 17.9 Å². The van der Waals surface area contributed by atoms with Crippen LogP contribution in [-0.2, 0) is 14.6 Å². The fourth-order valence-corrected chi connectivity index (χ4v) is 6.81. The van der Waals surface area contributed by atoms with E-state index in [0.717, 1.165) is 37.8 Å². The first kappa shape index (κ1) is 29.1. The highest BCUT2D eigenvalue weighted by molar-refractivity contribution is 7.91. The highest BCUT2D eigenvalue weighted by atomic mass is 32.2. The molecule has 0 radical (unpaired) electrons. The summed E-state index contributed by atoms with van der Waals surface area (Å²) in [5.74, 6) is 0.0592. The van der Waals surface area contributed by atoms with E-state index in [1.54, 1.807) is 30.3 Å². The van der Waals surface area contributed by atoms with Gasteiger partial charge in [-0.25, -0.2) is 8.42 Å². The molecule has 1 saturated heterocycles. The third kappa shape index (κ3) is 7.62. The molecule has 0 aromatic heterocycles. The Hall–Kier alpha value is -2.88. The molecule has 2 fully saturated rings. The lowest BCUT2D eigenvalue weighted by Crippen LogP contribution is -2.51. The molecule has 0 bridgehead atoms. The van der Waals surface area contributed by atoms with Gasteiger partial charge in [0.25, 0.3) is 5.91 Å². The fourth-order valence-electron chi connectivity index (χ4n) is 5.52. The van der Waals surface area contributed by atoms with E-state index < -0.39 is 15.7 Å². The number of carbonyl (C=O) groups is 1. The number of ether oxygens (including phenoxy) is 1. The first-order valence-corrected chi connectivity index (χ1v) is 15.5. The number of nitrogens with zero attached hydrogens (tertiary/aromatic N) is 2. The minimum absolute atomic E-state index is 0.0379. The van der Waals surface area contributed by atoms with Crippen molar-refractivity contribution in [3.8, 4) is 5.75 Å². The van der Waals surface area contributed by atoms with Gasteiger partial charge in [-0.15, -0.1) is 0 Å². The second-order valence-corrected chi connectivity index (χ2v) is 12.5. The maximum Gasteiger partial charge on any atom is 0.266 e. The van der Waals surface area contributed by atoms with Crippen LogP contribution in [-0.4, -0.2) is 69.5 Å². The molecule has 3 N–H and O–H groups in total. The number of nitrogens with two attached hydrogens (primary N) is 1. The Kier molecular flexibility index (Phi) is 10.0. The normalized spacial score (nSPS) is 18.4. The first-order valence-electron chi connectivity index (χ1n) is 14.0. The van der Waals surface area contributed by atoms with Gasteiger partial charge >= 0.3 is 0 Å². The van der Waals surface area contributed by atoms with Crippen LogP contribution in [0.2, 0.25) is 0 Å². The van der Waals surface area contributed by atoms with Gasteiger partial charge in [0, 0.05) is 44.8 Å². The summed E-state index contributed by atoms with van der Waals surface area (Å²) in [6.45, 7) is 10.6. The van der Waals surface area contributed by atoms with E-state index >= 15 is 0 Å². The van der Waals surface area contributed by atoms with E-state index in [4.69, 9.17) is 10.5 Å². The fraction of sp³-hybridized carbons (Fsp3) is 0.500. The summed E-state index contributed by atoms with van der Waals surface area (Å²) in [6, 6.07) is 14.8. The molecular weight excluding hydrogens is 512 g/mol. The monoisotopic (exact) mass is 554 g/mol. The number of carbonyl (C=O) groups excluding carboxylic acids is 1. The third-order valence-electron chi connectivity index (χ3n) is 7.94. The Morgan fingerprint density at radius 1 is 1.05 bits per heavy atom. The second-order valence-electron chi connectivity index (χ2n) is 10.6. The Balaban J connectivity index is 1.31. The Labute approximate surface area is 233 Å². The number of sulfone groups is 1. The molecule has 2 aromatic rings. The molecule has 212 valence electrons. The first-order chi connectivity index (χ1) is 18.8. The highest BCUT2D eigenvalue weighted by Crippen LogP contribution is 2.29. The minimum atomic E-state index is -3.69. The number of hydrogen-bond acceptors (Lipinski definition) is 7. The third-order valence-corrected chi connectivity index (χ3v) is 9.71. The van der Waals surface area contributed by atoms with E-state index in [9.17, 15) is 13.2 Å². The predicted octanol–water partition coefficient (Wildman–Crippen LogP) is 3.89. The van der Waals surface area contributed by atoms with Crippen LogP contribution in [0.25, 0.3) is 0 Å². The van der Waals surface area contributed by atoms with Crippen LogP contribution in [0.5, 0.6) is 5.75 Å². The maximum absolute atomic E-state index is 13.3. The van der Waals surface area contributed by atoms with Gasteiger partial charge in [-0.2, -0.15) is 0 Å². The van der Waals surface area contributed by atoms with Crippen LogP contribution in [0.15, 0.2) is 70.6 Å². The van der Waals surface area contributed by atoms with Gasteiger partial charge in [0.2, 0.25) is 9.84 Å². The van der Waals surface area contributed by atoms with E-state index in [0.29, 0.717) is 25.3 Å². The summed E-state index contributed by atoms with van der Waals surface area (Å²) < 4.78 is 32.4. The molecule has 39 heavy (non-hydrogen) atoms. The Morgan fingerprint density at radius 3 is 2.41 bits per heavy atom. The van der Waals surface area contributed by atoms with Crippen molar-refractivity contribution in [3.63, 3.8) is 0 Å². The summed E-state index contributed by atoms with van der Waals surface area (Å²) in [5, 5.41) is 2.63.